The number of H-pyrrole nitrogens is 1. The molecule has 2 aliphatic rings. The number of carbonyl (C=O) groups is 1. The van der Waals surface area contributed by atoms with E-state index >= 15 is 0 Å². The number of hydrogen-bond acceptors (Lipinski definition) is 5. The number of nitrogens with one attached hydrogen (secondary N) is 2. The van der Waals surface area contributed by atoms with Gasteiger partial charge in [-0.25, -0.2) is 9.89 Å². The highest BCUT2D eigenvalue weighted by molar-refractivity contribution is 7.99. The molecule has 3 rings (SSSR count). The SMILES string of the molecule is CCNC(CSc1n[nH]c(=O)n1C1CC1)(C(=O)O)C1CC1. The van der Waals surface area contributed by atoms with Crippen molar-refractivity contribution in [3.05, 3.63) is 10.5 Å². The molecule has 0 aliphatic heterocycles. The molecular weight excluding hydrogens is 292 g/mol. The van der Waals surface area contributed by atoms with E-state index in [1.807, 2.05) is 6.92 Å². The van der Waals surface area contributed by atoms with Crippen LogP contribution in [-0.4, -0.2) is 43.7 Å². The first-order valence-electron chi connectivity index (χ1n) is 7.36. The maximum Gasteiger partial charge on any atom is 0.344 e. The number of carboxylic acids is 1. The summed E-state index contributed by atoms with van der Waals surface area (Å²) in [7, 11) is 0. The maximum absolute atomic E-state index is 11.8. The van der Waals surface area contributed by atoms with Gasteiger partial charge in [-0.05, 0) is 38.1 Å². The summed E-state index contributed by atoms with van der Waals surface area (Å²) in [6, 6.07) is 0.234. The summed E-state index contributed by atoms with van der Waals surface area (Å²) in [6.45, 7) is 2.53. The lowest BCUT2D eigenvalue weighted by Crippen LogP contribution is -2.56. The average molecular weight is 312 g/mol. The first-order chi connectivity index (χ1) is 10.1. The van der Waals surface area contributed by atoms with Crippen LogP contribution >= 0.6 is 11.8 Å². The zero-order valence-electron chi connectivity index (χ0n) is 12.0. The standard InChI is InChI=1S/C13H20N4O3S/c1-2-14-13(10(18)19,8-3-4-8)7-21-12-16-15-11(20)17(12)9-5-6-9/h8-9,14H,2-7H2,1H3,(H,15,20)(H,18,19). The van der Waals surface area contributed by atoms with Crippen molar-refractivity contribution in [2.75, 3.05) is 12.3 Å². The lowest BCUT2D eigenvalue weighted by atomic mass is 9.96. The van der Waals surface area contributed by atoms with E-state index < -0.39 is 11.5 Å². The van der Waals surface area contributed by atoms with Gasteiger partial charge >= 0.3 is 11.7 Å². The van der Waals surface area contributed by atoms with Gasteiger partial charge in [0, 0.05) is 11.8 Å². The Morgan fingerprint density at radius 3 is 2.76 bits per heavy atom. The molecule has 7 nitrogen and oxygen atoms in total. The Morgan fingerprint density at radius 1 is 1.52 bits per heavy atom. The zero-order valence-corrected chi connectivity index (χ0v) is 12.8. The fraction of sp³-hybridized carbons (Fsp3) is 0.769. The molecule has 2 fully saturated rings. The van der Waals surface area contributed by atoms with Crippen LogP contribution in [0.4, 0.5) is 0 Å². The molecule has 1 atom stereocenters. The molecule has 0 bridgehead atoms. The smallest absolute Gasteiger partial charge is 0.344 e. The van der Waals surface area contributed by atoms with E-state index in [1.165, 1.54) is 11.8 Å². The molecule has 1 unspecified atom stereocenters. The largest absolute Gasteiger partial charge is 0.480 e. The summed E-state index contributed by atoms with van der Waals surface area (Å²) < 4.78 is 1.66. The second-order valence-electron chi connectivity index (χ2n) is 5.78. The van der Waals surface area contributed by atoms with E-state index in [1.54, 1.807) is 4.57 Å². The van der Waals surface area contributed by atoms with Crippen LogP contribution in [0.1, 0.15) is 38.6 Å². The second kappa shape index (κ2) is 5.49. The number of rotatable bonds is 8. The number of aromatic nitrogens is 3. The minimum Gasteiger partial charge on any atom is -0.480 e. The van der Waals surface area contributed by atoms with Gasteiger partial charge in [-0.1, -0.05) is 18.7 Å². The maximum atomic E-state index is 11.8. The van der Waals surface area contributed by atoms with Gasteiger partial charge in [0.2, 0.25) is 0 Å². The van der Waals surface area contributed by atoms with E-state index in [-0.39, 0.29) is 17.6 Å². The number of carboxylic acid groups (broad SMARTS) is 1. The molecule has 1 aromatic heterocycles. The van der Waals surface area contributed by atoms with Crippen LogP contribution in [0.5, 0.6) is 0 Å². The van der Waals surface area contributed by atoms with Crippen molar-refractivity contribution < 1.29 is 9.90 Å². The third-order valence-corrected chi connectivity index (χ3v) is 5.31. The normalized spacial score (nSPS) is 21.2. The van der Waals surface area contributed by atoms with Gasteiger partial charge < -0.3 is 10.4 Å². The molecule has 1 aromatic rings. The van der Waals surface area contributed by atoms with Crippen molar-refractivity contribution in [2.24, 2.45) is 5.92 Å². The van der Waals surface area contributed by atoms with E-state index in [0.29, 0.717) is 17.5 Å². The fourth-order valence-corrected chi connectivity index (χ4v) is 4.04. The number of aromatic amines is 1. The van der Waals surface area contributed by atoms with Gasteiger partial charge in [-0.3, -0.25) is 9.36 Å². The molecule has 116 valence electrons. The molecule has 0 radical (unpaired) electrons. The Labute approximate surface area is 126 Å². The summed E-state index contributed by atoms with van der Waals surface area (Å²) in [5.74, 6) is -0.254. The van der Waals surface area contributed by atoms with Crippen LogP contribution in [0.25, 0.3) is 0 Å². The Morgan fingerprint density at radius 2 is 2.24 bits per heavy atom. The summed E-state index contributed by atoms with van der Waals surface area (Å²) in [5.41, 5.74) is -1.11. The highest BCUT2D eigenvalue weighted by Gasteiger charge is 2.51. The van der Waals surface area contributed by atoms with Crippen LogP contribution in [-0.2, 0) is 4.79 Å². The molecule has 21 heavy (non-hydrogen) atoms. The van der Waals surface area contributed by atoms with Crippen LogP contribution in [0, 0.1) is 5.92 Å². The minimum atomic E-state index is -0.914. The highest BCUT2D eigenvalue weighted by atomic mass is 32.2. The number of thioether (sulfide) groups is 1. The number of aliphatic carboxylic acids is 1. The van der Waals surface area contributed by atoms with Crippen LogP contribution in [0.15, 0.2) is 9.95 Å². The summed E-state index contributed by atoms with van der Waals surface area (Å²) in [4.78, 5) is 23.5. The average Bonchev–Trinajstić information content (AvgIpc) is 3.34. The zero-order chi connectivity index (χ0) is 15.0. The number of likely N-dealkylation sites (N-methyl/N-ethyl adjacent to an activating group) is 1. The highest BCUT2D eigenvalue weighted by Crippen LogP contribution is 2.43. The van der Waals surface area contributed by atoms with Gasteiger partial charge in [-0.15, -0.1) is 5.10 Å². The van der Waals surface area contributed by atoms with Crippen molar-refractivity contribution in [2.45, 2.75) is 49.3 Å². The van der Waals surface area contributed by atoms with Gasteiger partial charge in [0.1, 0.15) is 5.54 Å². The molecule has 3 N–H and O–H groups in total. The number of hydrogen-bond donors (Lipinski definition) is 3. The lowest BCUT2D eigenvalue weighted by molar-refractivity contribution is -0.144. The van der Waals surface area contributed by atoms with Crippen LogP contribution in [0.3, 0.4) is 0 Å². The molecule has 8 heteroatoms. The van der Waals surface area contributed by atoms with Gasteiger partial charge in [-0.2, -0.15) is 0 Å². The predicted octanol–water partition coefficient (Wildman–Crippen LogP) is 0.841. The Kier molecular flexibility index (Phi) is 3.83. The van der Waals surface area contributed by atoms with Crippen molar-refractivity contribution in [3.8, 4) is 0 Å². The topological polar surface area (TPSA) is 100 Å². The third kappa shape index (κ3) is 2.74. The molecule has 0 amide bonds. The molecule has 0 saturated heterocycles. The van der Waals surface area contributed by atoms with Crippen molar-refractivity contribution in [1.29, 1.82) is 0 Å². The van der Waals surface area contributed by atoms with Gasteiger partial charge in [0.05, 0.1) is 0 Å². The fourth-order valence-electron chi connectivity index (χ4n) is 2.74. The lowest BCUT2D eigenvalue weighted by Gasteiger charge is -2.29. The molecule has 1 heterocycles. The van der Waals surface area contributed by atoms with E-state index in [9.17, 15) is 14.7 Å². The Bertz CT molecular complexity index is 590. The van der Waals surface area contributed by atoms with Gasteiger partial charge in [0.25, 0.3) is 0 Å². The molecule has 2 saturated carbocycles. The van der Waals surface area contributed by atoms with Crippen molar-refractivity contribution in [1.82, 2.24) is 20.1 Å². The Balaban J connectivity index is 1.78. The summed E-state index contributed by atoms with van der Waals surface area (Å²) >= 11 is 1.36. The molecule has 0 spiro atoms. The van der Waals surface area contributed by atoms with Crippen molar-refractivity contribution >= 4 is 17.7 Å². The summed E-state index contributed by atoms with van der Waals surface area (Å²) in [6.07, 6.45) is 3.87. The third-order valence-electron chi connectivity index (χ3n) is 4.16. The quantitative estimate of drug-likeness (QED) is 0.615. The monoisotopic (exact) mass is 312 g/mol. The first-order valence-corrected chi connectivity index (χ1v) is 8.35. The van der Waals surface area contributed by atoms with Crippen LogP contribution in [0.2, 0.25) is 0 Å². The second-order valence-corrected chi connectivity index (χ2v) is 6.72. The van der Waals surface area contributed by atoms with E-state index in [4.69, 9.17) is 0 Å². The van der Waals surface area contributed by atoms with Gasteiger partial charge in [0.15, 0.2) is 5.16 Å². The molecular formula is C13H20N4O3S. The summed E-state index contributed by atoms with van der Waals surface area (Å²) in [5, 5.41) is 19.9. The first kappa shape index (κ1) is 14.6. The molecule has 0 aromatic carbocycles. The molecule has 2 aliphatic carbocycles. The van der Waals surface area contributed by atoms with Crippen molar-refractivity contribution in [3.63, 3.8) is 0 Å². The predicted molar refractivity (Wildman–Crippen MR) is 78.6 cm³/mol. The van der Waals surface area contributed by atoms with E-state index in [2.05, 4.69) is 15.5 Å². The minimum absolute atomic E-state index is 0.169. The van der Waals surface area contributed by atoms with E-state index in [0.717, 1.165) is 25.7 Å². The Hall–Kier alpha value is -1.28. The van der Waals surface area contributed by atoms with Crippen LogP contribution < -0.4 is 11.0 Å². The number of nitrogens with zero attached hydrogens (tertiary/aromatic N) is 2.